The van der Waals surface area contributed by atoms with E-state index in [-0.39, 0.29) is 0 Å². The number of unbranched alkanes of at least 4 members (excludes halogenated alkanes) is 5. The molecule has 4 aliphatic carbocycles. The lowest BCUT2D eigenvalue weighted by molar-refractivity contribution is 0.0304. The van der Waals surface area contributed by atoms with Crippen molar-refractivity contribution in [1.29, 1.82) is 0 Å². The fourth-order valence-corrected chi connectivity index (χ4v) is 7.96. The molecule has 0 aliphatic heterocycles. The van der Waals surface area contributed by atoms with Gasteiger partial charge in [0, 0.05) is 0 Å². The van der Waals surface area contributed by atoms with Crippen molar-refractivity contribution in [3.63, 3.8) is 0 Å². The molecule has 0 atom stereocenters. The van der Waals surface area contributed by atoms with Crippen LogP contribution in [0.4, 0.5) is 0 Å². The molecule has 1 aromatic rings. The highest BCUT2D eigenvalue weighted by Gasteiger charge is 2.48. The van der Waals surface area contributed by atoms with Crippen molar-refractivity contribution < 1.29 is 4.74 Å². The Hall–Kier alpha value is -0.980. The van der Waals surface area contributed by atoms with Crippen molar-refractivity contribution in [3.8, 4) is 5.75 Å². The zero-order valence-electron chi connectivity index (χ0n) is 23.4. The molecule has 198 valence electrons. The Balaban J connectivity index is 1.13. The monoisotopic (exact) mass is 480 g/mol. The second-order valence-corrected chi connectivity index (χ2v) is 13.0. The van der Waals surface area contributed by atoms with E-state index in [1.807, 2.05) is 0 Å². The summed E-state index contributed by atoms with van der Waals surface area (Å²) in [6.45, 7) is 5.53. The van der Waals surface area contributed by atoms with Crippen molar-refractivity contribution in [3.05, 3.63) is 29.8 Å². The lowest BCUT2D eigenvalue weighted by atomic mass is 9.51. The Morgan fingerprint density at radius 1 is 0.657 bits per heavy atom. The molecule has 0 N–H and O–H groups in total. The van der Waals surface area contributed by atoms with E-state index in [0.717, 1.165) is 24.2 Å². The Morgan fingerprint density at radius 3 is 1.83 bits per heavy atom. The average Bonchev–Trinajstić information content (AvgIpc) is 2.91. The Bertz CT molecular complexity index is 686. The fourth-order valence-electron chi connectivity index (χ4n) is 7.96. The Labute approximate surface area is 218 Å². The molecule has 35 heavy (non-hydrogen) atoms. The summed E-state index contributed by atoms with van der Waals surface area (Å²) < 4.78 is 6.18. The quantitative estimate of drug-likeness (QED) is 0.227. The van der Waals surface area contributed by atoms with Gasteiger partial charge in [-0.1, -0.05) is 103 Å². The van der Waals surface area contributed by atoms with E-state index < -0.39 is 0 Å². The highest BCUT2D eigenvalue weighted by atomic mass is 16.5. The van der Waals surface area contributed by atoms with Crippen LogP contribution in [0.15, 0.2) is 24.3 Å². The van der Waals surface area contributed by atoms with Crippen LogP contribution in [0.5, 0.6) is 5.75 Å². The summed E-state index contributed by atoms with van der Waals surface area (Å²) >= 11 is 0. The van der Waals surface area contributed by atoms with Gasteiger partial charge in [0.2, 0.25) is 0 Å². The van der Waals surface area contributed by atoms with Crippen LogP contribution in [0, 0.1) is 17.3 Å². The molecule has 4 fully saturated rings. The summed E-state index contributed by atoms with van der Waals surface area (Å²) in [5, 5.41) is 0. The first-order chi connectivity index (χ1) is 17.2. The molecule has 4 aliphatic rings. The number of hydrogen-bond donors (Lipinski definition) is 0. The van der Waals surface area contributed by atoms with Crippen molar-refractivity contribution in [2.45, 2.75) is 154 Å². The largest absolute Gasteiger partial charge is 0.494 e. The third-order valence-electron chi connectivity index (χ3n) is 10.6. The zero-order chi connectivity index (χ0) is 24.4. The molecule has 0 radical (unpaired) electrons. The number of fused-ring (bicyclic) bond motifs is 3. The van der Waals surface area contributed by atoms with E-state index in [1.165, 1.54) is 135 Å². The summed E-state index contributed by atoms with van der Waals surface area (Å²) in [4.78, 5) is 0. The van der Waals surface area contributed by atoms with E-state index >= 15 is 0 Å². The SMILES string of the molecule is CCCCCCC12CCC(c3ccc(OCCCC4CCC(CCCCC)CC4)cc3)(CC1)CC2. The van der Waals surface area contributed by atoms with Gasteiger partial charge >= 0.3 is 0 Å². The molecular formula is C34H56O. The molecule has 1 aromatic carbocycles. The summed E-state index contributed by atoms with van der Waals surface area (Å²) in [5.74, 6) is 3.07. The molecule has 0 heterocycles. The molecule has 0 unspecified atom stereocenters. The van der Waals surface area contributed by atoms with Gasteiger partial charge in [-0.3, -0.25) is 0 Å². The van der Waals surface area contributed by atoms with Gasteiger partial charge < -0.3 is 4.74 Å². The zero-order valence-corrected chi connectivity index (χ0v) is 23.4. The van der Waals surface area contributed by atoms with Gasteiger partial charge in [0.25, 0.3) is 0 Å². The lowest BCUT2D eigenvalue weighted by Crippen LogP contribution is -2.44. The number of benzene rings is 1. The van der Waals surface area contributed by atoms with Crippen LogP contribution < -0.4 is 4.74 Å². The Morgan fingerprint density at radius 2 is 1.23 bits per heavy atom. The maximum absolute atomic E-state index is 6.18. The summed E-state index contributed by atoms with van der Waals surface area (Å²) in [6, 6.07) is 9.36. The third kappa shape index (κ3) is 7.52. The van der Waals surface area contributed by atoms with E-state index in [4.69, 9.17) is 4.74 Å². The van der Waals surface area contributed by atoms with Crippen molar-refractivity contribution in [2.24, 2.45) is 17.3 Å². The molecular weight excluding hydrogens is 424 g/mol. The van der Waals surface area contributed by atoms with Crippen LogP contribution in [0.2, 0.25) is 0 Å². The van der Waals surface area contributed by atoms with Crippen LogP contribution in [0.3, 0.4) is 0 Å². The van der Waals surface area contributed by atoms with E-state index in [9.17, 15) is 0 Å². The van der Waals surface area contributed by atoms with Crippen molar-refractivity contribution in [2.75, 3.05) is 6.61 Å². The first-order valence-electron chi connectivity index (χ1n) is 15.9. The lowest BCUT2D eigenvalue weighted by Gasteiger charge is -2.54. The van der Waals surface area contributed by atoms with Gasteiger partial charge in [-0.05, 0) is 98.1 Å². The molecule has 0 spiro atoms. The van der Waals surface area contributed by atoms with Crippen LogP contribution in [-0.2, 0) is 5.41 Å². The van der Waals surface area contributed by atoms with Crippen LogP contribution >= 0.6 is 0 Å². The van der Waals surface area contributed by atoms with Crippen LogP contribution in [0.25, 0.3) is 0 Å². The summed E-state index contributed by atoms with van der Waals surface area (Å²) in [6.07, 6.45) is 30.1. The molecule has 1 nitrogen and oxygen atoms in total. The number of rotatable bonds is 15. The van der Waals surface area contributed by atoms with Gasteiger partial charge in [0.05, 0.1) is 6.61 Å². The second kappa shape index (κ2) is 13.5. The maximum atomic E-state index is 6.18. The highest BCUT2D eigenvalue weighted by Crippen LogP contribution is 2.59. The normalized spacial score (nSPS) is 30.5. The fraction of sp³-hybridized carbons (Fsp3) is 0.824. The molecule has 0 amide bonds. The predicted molar refractivity (Wildman–Crippen MR) is 151 cm³/mol. The summed E-state index contributed by atoms with van der Waals surface area (Å²) in [7, 11) is 0. The molecule has 0 saturated heterocycles. The first kappa shape index (κ1) is 27.1. The molecule has 0 aromatic heterocycles. The van der Waals surface area contributed by atoms with Crippen LogP contribution in [0.1, 0.15) is 154 Å². The van der Waals surface area contributed by atoms with E-state index in [0.29, 0.717) is 10.8 Å². The molecule has 2 bridgehead atoms. The minimum atomic E-state index is 0.471. The smallest absolute Gasteiger partial charge is 0.119 e. The van der Waals surface area contributed by atoms with E-state index in [1.54, 1.807) is 5.56 Å². The molecule has 4 saturated carbocycles. The van der Waals surface area contributed by atoms with Gasteiger partial charge in [-0.15, -0.1) is 0 Å². The summed E-state index contributed by atoms with van der Waals surface area (Å²) in [5.41, 5.74) is 2.77. The van der Waals surface area contributed by atoms with Gasteiger partial charge in [-0.25, -0.2) is 0 Å². The third-order valence-corrected chi connectivity index (χ3v) is 10.6. The topological polar surface area (TPSA) is 9.23 Å². The molecule has 1 heteroatoms. The maximum Gasteiger partial charge on any atom is 0.119 e. The first-order valence-corrected chi connectivity index (χ1v) is 15.9. The average molecular weight is 481 g/mol. The minimum Gasteiger partial charge on any atom is -0.494 e. The predicted octanol–water partition coefficient (Wildman–Crippen LogP) is 10.8. The highest BCUT2D eigenvalue weighted by molar-refractivity contribution is 5.34. The Kier molecular flexibility index (Phi) is 10.5. The van der Waals surface area contributed by atoms with Crippen molar-refractivity contribution >= 4 is 0 Å². The second-order valence-electron chi connectivity index (χ2n) is 13.0. The number of ether oxygens (including phenoxy) is 1. The number of hydrogen-bond acceptors (Lipinski definition) is 1. The molecule has 5 rings (SSSR count). The van der Waals surface area contributed by atoms with Crippen molar-refractivity contribution in [1.82, 2.24) is 0 Å². The van der Waals surface area contributed by atoms with Gasteiger partial charge in [0.15, 0.2) is 0 Å². The van der Waals surface area contributed by atoms with E-state index in [2.05, 4.69) is 38.1 Å². The standard InChI is InChI=1S/C34H56O/c1-3-5-7-9-21-33-22-25-34(26-23-33,27-24-33)31-17-19-32(20-18-31)35-28-10-12-30-15-13-29(14-16-30)11-8-6-4-2/h17-20,29-30H,3-16,21-28H2,1-2H3. The van der Waals surface area contributed by atoms with Gasteiger partial charge in [0.1, 0.15) is 5.75 Å². The minimum absolute atomic E-state index is 0.471. The van der Waals surface area contributed by atoms with Gasteiger partial charge in [-0.2, -0.15) is 0 Å². The van der Waals surface area contributed by atoms with Crippen LogP contribution in [-0.4, -0.2) is 6.61 Å².